The van der Waals surface area contributed by atoms with Gasteiger partial charge in [-0.3, -0.25) is 0 Å². The van der Waals surface area contributed by atoms with E-state index in [1.807, 2.05) is 24.3 Å². The minimum atomic E-state index is -0.396. The van der Waals surface area contributed by atoms with Gasteiger partial charge in [-0.2, -0.15) is 0 Å². The van der Waals surface area contributed by atoms with Crippen molar-refractivity contribution in [3.8, 4) is 11.1 Å². The quantitative estimate of drug-likeness (QED) is 0.804. The number of aliphatic hydroxyl groups is 1. The molecule has 0 heterocycles. The molecule has 1 atom stereocenters. The first-order chi connectivity index (χ1) is 7.66. The SMILES string of the molecule is Cc1ccc(-c2ccc(C(C)O)cc2)cc1. The normalized spacial score (nSPS) is 12.4. The molecule has 2 aromatic carbocycles. The second kappa shape index (κ2) is 4.50. The Morgan fingerprint density at radius 1 is 0.812 bits per heavy atom. The van der Waals surface area contributed by atoms with E-state index in [1.165, 1.54) is 16.7 Å². The number of aliphatic hydroxyl groups excluding tert-OH is 1. The van der Waals surface area contributed by atoms with Crippen LogP contribution in [0.1, 0.15) is 24.2 Å². The van der Waals surface area contributed by atoms with Gasteiger partial charge in [0.25, 0.3) is 0 Å². The Kier molecular flexibility index (Phi) is 3.07. The first-order valence-corrected chi connectivity index (χ1v) is 5.52. The van der Waals surface area contributed by atoms with Crippen LogP contribution in [-0.4, -0.2) is 5.11 Å². The molecule has 0 amide bonds. The van der Waals surface area contributed by atoms with E-state index in [1.54, 1.807) is 6.92 Å². The average Bonchev–Trinajstić information content (AvgIpc) is 2.30. The van der Waals surface area contributed by atoms with Crippen LogP contribution in [0.5, 0.6) is 0 Å². The summed E-state index contributed by atoms with van der Waals surface area (Å²) in [7, 11) is 0. The van der Waals surface area contributed by atoms with Crippen LogP contribution in [-0.2, 0) is 0 Å². The topological polar surface area (TPSA) is 20.2 Å². The Morgan fingerprint density at radius 3 is 1.69 bits per heavy atom. The van der Waals surface area contributed by atoms with Crippen molar-refractivity contribution in [2.24, 2.45) is 0 Å². The number of hydrogen-bond donors (Lipinski definition) is 1. The Balaban J connectivity index is 2.31. The van der Waals surface area contributed by atoms with E-state index >= 15 is 0 Å². The molecule has 0 aliphatic rings. The summed E-state index contributed by atoms with van der Waals surface area (Å²) in [5.41, 5.74) is 4.62. The molecule has 1 nitrogen and oxygen atoms in total. The molecule has 16 heavy (non-hydrogen) atoms. The summed E-state index contributed by atoms with van der Waals surface area (Å²) in [4.78, 5) is 0. The van der Waals surface area contributed by atoms with Crippen molar-refractivity contribution in [2.75, 3.05) is 0 Å². The lowest BCUT2D eigenvalue weighted by molar-refractivity contribution is 0.199. The van der Waals surface area contributed by atoms with Gasteiger partial charge in [0.15, 0.2) is 0 Å². The van der Waals surface area contributed by atoms with Gasteiger partial charge in [-0.25, -0.2) is 0 Å². The molecular weight excluding hydrogens is 196 g/mol. The monoisotopic (exact) mass is 212 g/mol. The second-order valence-electron chi connectivity index (χ2n) is 4.16. The number of aryl methyl sites for hydroxylation is 1. The minimum Gasteiger partial charge on any atom is -0.389 e. The molecule has 1 unspecified atom stereocenters. The summed E-state index contributed by atoms with van der Waals surface area (Å²) in [5, 5.41) is 9.42. The van der Waals surface area contributed by atoms with Crippen LogP contribution in [0.15, 0.2) is 48.5 Å². The van der Waals surface area contributed by atoms with Gasteiger partial charge in [-0.15, -0.1) is 0 Å². The lowest BCUT2D eigenvalue weighted by Crippen LogP contribution is -1.89. The Hall–Kier alpha value is -1.60. The smallest absolute Gasteiger partial charge is 0.0761 e. The Morgan fingerprint density at radius 2 is 1.25 bits per heavy atom. The molecular formula is C15H16O. The van der Waals surface area contributed by atoms with Gasteiger partial charge < -0.3 is 5.11 Å². The Labute approximate surface area is 96.4 Å². The molecule has 0 bridgehead atoms. The van der Waals surface area contributed by atoms with Crippen molar-refractivity contribution >= 4 is 0 Å². The lowest BCUT2D eigenvalue weighted by atomic mass is 10.0. The highest BCUT2D eigenvalue weighted by Gasteiger charge is 2.01. The van der Waals surface area contributed by atoms with Crippen LogP contribution in [0.3, 0.4) is 0 Å². The van der Waals surface area contributed by atoms with Crippen LogP contribution < -0.4 is 0 Å². The van der Waals surface area contributed by atoms with E-state index in [0.717, 1.165) is 5.56 Å². The molecule has 2 aromatic rings. The summed E-state index contributed by atoms with van der Waals surface area (Å²) in [6.07, 6.45) is -0.396. The van der Waals surface area contributed by atoms with Gasteiger partial charge in [0.05, 0.1) is 6.10 Å². The van der Waals surface area contributed by atoms with Crippen molar-refractivity contribution in [3.05, 3.63) is 59.7 Å². The molecule has 0 saturated carbocycles. The molecule has 0 saturated heterocycles. The zero-order chi connectivity index (χ0) is 11.5. The number of rotatable bonds is 2. The molecule has 0 aliphatic heterocycles. The van der Waals surface area contributed by atoms with E-state index < -0.39 is 6.10 Å². The van der Waals surface area contributed by atoms with Gasteiger partial charge in [0.1, 0.15) is 0 Å². The number of hydrogen-bond acceptors (Lipinski definition) is 1. The van der Waals surface area contributed by atoms with Gasteiger partial charge >= 0.3 is 0 Å². The Bertz CT molecular complexity index is 452. The maximum absolute atomic E-state index is 9.42. The minimum absolute atomic E-state index is 0.396. The predicted molar refractivity (Wildman–Crippen MR) is 67.2 cm³/mol. The highest BCUT2D eigenvalue weighted by atomic mass is 16.3. The maximum atomic E-state index is 9.42. The molecule has 0 aromatic heterocycles. The van der Waals surface area contributed by atoms with Gasteiger partial charge in [0.2, 0.25) is 0 Å². The van der Waals surface area contributed by atoms with E-state index in [2.05, 4.69) is 31.2 Å². The molecule has 0 spiro atoms. The lowest BCUT2D eigenvalue weighted by Gasteiger charge is -2.06. The average molecular weight is 212 g/mol. The maximum Gasteiger partial charge on any atom is 0.0761 e. The summed E-state index contributed by atoms with van der Waals surface area (Å²) in [6, 6.07) is 16.5. The molecule has 0 aliphatic carbocycles. The fourth-order valence-electron chi connectivity index (χ4n) is 1.70. The first-order valence-electron chi connectivity index (χ1n) is 5.52. The molecule has 0 fully saturated rings. The second-order valence-corrected chi connectivity index (χ2v) is 4.16. The molecule has 1 N–H and O–H groups in total. The summed E-state index contributed by atoms with van der Waals surface area (Å²) < 4.78 is 0. The third kappa shape index (κ3) is 2.31. The predicted octanol–water partition coefficient (Wildman–Crippen LogP) is 3.72. The fraction of sp³-hybridized carbons (Fsp3) is 0.200. The molecule has 1 heteroatoms. The van der Waals surface area contributed by atoms with Crippen molar-refractivity contribution in [1.29, 1.82) is 0 Å². The third-order valence-electron chi connectivity index (χ3n) is 2.78. The van der Waals surface area contributed by atoms with Crippen LogP contribution in [0.25, 0.3) is 11.1 Å². The van der Waals surface area contributed by atoms with Crippen molar-refractivity contribution in [2.45, 2.75) is 20.0 Å². The third-order valence-corrected chi connectivity index (χ3v) is 2.78. The number of benzene rings is 2. The summed E-state index contributed by atoms with van der Waals surface area (Å²) in [5.74, 6) is 0. The fourth-order valence-corrected chi connectivity index (χ4v) is 1.70. The standard InChI is InChI=1S/C15H16O/c1-11-3-5-14(6-4-11)15-9-7-13(8-10-15)12(2)16/h3-10,12,16H,1-2H3. The molecule has 0 radical (unpaired) electrons. The van der Waals surface area contributed by atoms with Crippen LogP contribution in [0.2, 0.25) is 0 Å². The van der Waals surface area contributed by atoms with Crippen LogP contribution in [0, 0.1) is 6.92 Å². The molecule has 82 valence electrons. The van der Waals surface area contributed by atoms with Gasteiger partial charge in [-0.1, -0.05) is 54.1 Å². The van der Waals surface area contributed by atoms with E-state index in [9.17, 15) is 5.11 Å². The highest BCUT2D eigenvalue weighted by Crippen LogP contribution is 2.22. The van der Waals surface area contributed by atoms with E-state index in [0.29, 0.717) is 0 Å². The van der Waals surface area contributed by atoms with Crippen molar-refractivity contribution < 1.29 is 5.11 Å². The van der Waals surface area contributed by atoms with Gasteiger partial charge in [0, 0.05) is 0 Å². The molecule has 2 rings (SSSR count). The van der Waals surface area contributed by atoms with Crippen molar-refractivity contribution in [1.82, 2.24) is 0 Å². The van der Waals surface area contributed by atoms with Crippen LogP contribution >= 0.6 is 0 Å². The zero-order valence-corrected chi connectivity index (χ0v) is 9.64. The van der Waals surface area contributed by atoms with E-state index in [-0.39, 0.29) is 0 Å². The van der Waals surface area contributed by atoms with Crippen molar-refractivity contribution in [3.63, 3.8) is 0 Å². The summed E-state index contributed by atoms with van der Waals surface area (Å²) >= 11 is 0. The largest absolute Gasteiger partial charge is 0.389 e. The first kappa shape index (κ1) is 10.9. The summed E-state index contributed by atoms with van der Waals surface area (Å²) in [6.45, 7) is 3.86. The van der Waals surface area contributed by atoms with Crippen LogP contribution in [0.4, 0.5) is 0 Å². The highest BCUT2D eigenvalue weighted by molar-refractivity contribution is 5.63. The van der Waals surface area contributed by atoms with E-state index in [4.69, 9.17) is 0 Å². The zero-order valence-electron chi connectivity index (χ0n) is 9.64. The van der Waals surface area contributed by atoms with Gasteiger partial charge in [-0.05, 0) is 30.5 Å².